The van der Waals surface area contributed by atoms with Gasteiger partial charge in [0.1, 0.15) is 6.61 Å². The minimum Gasteiger partial charge on any atom is -0.462 e. The van der Waals surface area contributed by atoms with Crippen LogP contribution in [0.15, 0.2) is 36.4 Å². The van der Waals surface area contributed by atoms with E-state index >= 15 is 0 Å². The Balaban J connectivity index is 0.00000133. The fraction of sp³-hybridized carbons (Fsp3) is 0.517. The summed E-state index contributed by atoms with van der Waals surface area (Å²) >= 11 is 0. The number of anilines is 1. The van der Waals surface area contributed by atoms with Crippen LogP contribution in [0.3, 0.4) is 0 Å². The fourth-order valence-corrected chi connectivity index (χ4v) is 5.33. The number of fused-ring (bicyclic) bond motifs is 2. The van der Waals surface area contributed by atoms with E-state index in [9.17, 15) is 0 Å². The molecule has 0 radical (unpaired) electrons. The molecule has 0 saturated carbocycles. The van der Waals surface area contributed by atoms with Gasteiger partial charge in [-0.1, -0.05) is 57.5 Å². The molecular weight excluding hydrogens is 420 g/mol. The van der Waals surface area contributed by atoms with Gasteiger partial charge in [0.05, 0.1) is 17.9 Å². The van der Waals surface area contributed by atoms with Gasteiger partial charge < -0.3 is 14.5 Å². The average molecular weight is 461 g/mol. The number of likely N-dealkylation sites (tertiary alicyclic amines) is 1. The number of nitrogens with zero attached hydrogens (tertiary/aromatic N) is 4. The van der Waals surface area contributed by atoms with Crippen molar-refractivity contribution in [2.45, 2.75) is 72.4 Å². The average Bonchev–Trinajstić information content (AvgIpc) is 3.28. The van der Waals surface area contributed by atoms with Crippen molar-refractivity contribution in [3.05, 3.63) is 58.9 Å². The Hall–Kier alpha value is -2.66. The van der Waals surface area contributed by atoms with Crippen LogP contribution in [0.2, 0.25) is 0 Å². The Bertz CT molecular complexity index is 1110. The molecule has 2 aliphatic rings. The second kappa shape index (κ2) is 11.2. The summed E-state index contributed by atoms with van der Waals surface area (Å²) in [5.41, 5.74) is 6.28. The van der Waals surface area contributed by atoms with Gasteiger partial charge in [-0.15, -0.1) is 0 Å². The van der Waals surface area contributed by atoms with E-state index in [-0.39, 0.29) is 0 Å². The van der Waals surface area contributed by atoms with Gasteiger partial charge in [-0.2, -0.15) is 9.97 Å². The number of hydrogen-bond donors (Lipinski definition) is 0. The van der Waals surface area contributed by atoms with Crippen molar-refractivity contribution in [1.29, 1.82) is 0 Å². The molecule has 0 amide bonds. The maximum atomic E-state index is 6.16. The molecule has 1 aromatic heterocycles. The smallest absolute Gasteiger partial charge is 0.316 e. The highest BCUT2D eigenvalue weighted by molar-refractivity contribution is 5.96. The molecule has 2 aromatic carbocycles. The van der Waals surface area contributed by atoms with Crippen LogP contribution < -0.4 is 9.64 Å². The first-order valence-electron chi connectivity index (χ1n) is 13.1. The molecule has 2 aliphatic heterocycles. The van der Waals surface area contributed by atoms with Gasteiger partial charge in [-0.25, -0.2) is 0 Å². The van der Waals surface area contributed by atoms with E-state index in [1.54, 1.807) is 0 Å². The molecule has 182 valence electrons. The molecule has 1 saturated heterocycles. The molecule has 1 fully saturated rings. The predicted molar refractivity (Wildman–Crippen MR) is 142 cm³/mol. The Kier molecular flexibility index (Phi) is 8.04. The van der Waals surface area contributed by atoms with E-state index in [0.29, 0.717) is 18.7 Å². The topological polar surface area (TPSA) is 41.5 Å². The molecule has 0 spiro atoms. The lowest BCUT2D eigenvalue weighted by Gasteiger charge is -2.32. The third-order valence-electron chi connectivity index (χ3n) is 7.13. The second-order valence-corrected chi connectivity index (χ2v) is 9.34. The van der Waals surface area contributed by atoms with Crippen LogP contribution in [0.4, 0.5) is 5.69 Å². The van der Waals surface area contributed by atoms with Crippen molar-refractivity contribution in [1.82, 2.24) is 14.9 Å². The summed E-state index contributed by atoms with van der Waals surface area (Å²) < 4.78 is 6.16. The summed E-state index contributed by atoms with van der Waals surface area (Å²) in [6, 6.07) is 14.2. The van der Waals surface area contributed by atoms with Crippen LogP contribution in [-0.4, -0.2) is 47.7 Å². The molecule has 0 N–H and O–H groups in total. The standard InChI is InChI=1S/C27H34N4O.C2H6/c1-4-8-23-22-14-16-31(25-13-6-11-20-10-5-9-19(2)26(20)25)17-24(22)29-27(28-23)32-18-21-12-7-15-30(21)3;1-2/h5-6,9-11,13,21H,4,7-8,12,14-18H2,1-3H3;1-2H3/t21-;/m0./s1. The van der Waals surface area contributed by atoms with Gasteiger partial charge >= 0.3 is 6.01 Å². The second-order valence-electron chi connectivity index (χ2n) is 9.34. The van der Waals surface area contributed by atoms with E-state index in [1.807, 2.05) is 13.8 Å². The lowest BCUT2D eigenvalue weighted by molar-refractivity contribution is 0.186. The SMILES string of the molecule is CC.CCCc1nc(OC[C@@H]2CCCN2C)nc2c1CCN(c1cccc3cccc(C)c13)C2. The van der Waals surface area contributed by atoms with Crippen LogP contribution in [0, 0.1) is 6.92 Å². The van der Waals surface area contributed by atoms with E-state index in [0.717, 1.165) is 44.6 Å². The van der Waals surface area contributed by atoms with Crippen LogP contribution in [0.5, 0.6) is 6.01 Å². The Morgan fingerprint density at radius 3 is 2.59 bits per heavy atom. The van der Waals surface area contributed by atoms with E-state index in [4.69, 9.17) is 14.7 Å². The Morgan fingerprint density at radius 2 is 1.85 bits per heavy atom. The maximum absolute atomic E-state index is 6.16. The molecular formula is C29H40N4O. The number of aryl methyl sites for hydroxylation is 2. The normalized spacial score (nSPS) is 17.9. The summed E-state index contributed by atoms with van der Waals surface area (Å²) in [4.78, 5) is 14.6. The van der Waals surface area contributed by atoms with Gasteiger partial charge in [0.2, 0.25) is 0 Å². The van der Waals surface area contributed by atoms with Crippen molar-refractivity contribution >= 4 is 16.5 Å². The molecule has 0 aliphatic carbocycles. The highest BCUT2D eigenvalue weighted by atomic mass is 16.5. The van der Waals surface area contributed by atoms with Crippen molar-refractivity contribution in [2.24, 2.45) is 0 Å². The van der Waals surface area contributed by atoms with E-state index in [2.05, 4.69) is 67.1 Å². The number of likely N-dealkylation sites (N-methyl/N-ethyl adjacent to an activating group) is 1. The molecule has 0 unspecified atom stereocenters. The molecule has 34 heavy (non-hydrogen) atoms. The Labute approximate surface area is 205 Å². The lowest BCUT2D eigenvalue weighted by Crippen LogP contribution is -2.33. The number of ether oxygens (including phenoxy) is 1. The van der Waals surface area contributed by atoms with Crippen molar-refractivity contribution in [3.8, 4) is 6.01 Å². The largest absolute Gasteiger partial charge is 0.462 e. The zero-order valence-electron chi connectivity index (χ0n) is 21.6. The van der Waals surface area contributed by atoms with Crippen molar-refractivity contribution in [2.75, 3.05) is 31.6 Å². The molecule has 5 heteroatoms. The number of benzene rings is 2. The minimum atomic E-state index is 0.472. The van der Waals surface area contributed by atoms with Crippen LogP contribution in [-0.2, 0) is 19.4 Å². The van der Waals surface area contributed by atoms with Gasteiger partial charge in [0, 0.05) is 23.7 Å². The number of rotatable bonds is 6. The monoisotopic (exact) mass is 460 g/mol. The quantitative estimate of drug-likeness (QED) is 0.454. The first-order chi connectivity index (χ1) is 16.6. The van der Waals surface area contributed by atoms with Crippen LogP contribution >= 0.6 is 0 Å². The maximum Gasteiger partial charge on any atom is 0.316 e. The van der Waals surface area contributed by atoms with E-state index in [1.165, 1.54) is 46.1 Å². The van der Waals surface area contributed by atoms with Crippen LogP contribution in [0.1, 0.15) is 62.5 Å². The molecule has 3 heterocycles. The van der Waals surface area contributed by atoms with Crippen LogP contribution in [0.25, 0.3) is 10.8 Å². The third kappa shape index (κ3) is 5.05. The lowest BCUT2D eigenvalue weighted by atomic mass is 9.98. The fourth-order valence-electron chi connectivity index (χ4n) is 5.33. The molecule has 1 atom stereocenters. The van der Waals surface area contributed by atoms with Gasteiger partial charge in [-0.3, -0.25) is 0 Å². The summed E-state index contributed by atoms with van der Waals surface area (Å²) in [6.45, 7) is 12.1. The van der Waals surface area contributed by atoms with Crippen molar-refractivity contribution in [3.63, 3.8) is 0 Å². The first-order valence-corrected chi connectivity index (χ1v) is 13.1. The van der Waals surface area contributed by atoms with Gasteiger partial charge in [0.15, 0.2) is 0 Å². The van der Waals surface area contributed by atoms with Crippen molar-refractivity contribution < 1.29 is 4.74 Å². The van der Waals surface area contributed by atoms with Gasteiger partial charge in [-0.05, 0) is 68.8 Å². The first kappa shape index (κ1) is 24.5. The summed E-state index contributed by atoms with van der Waals surface area (Å²) in [7, 11) is 2.18. The van der Waals surface area contributed by atoms with E-state index < -0.39 is 0 Å². The summed E-state index contributed by atoms with van der Waals surface area (Å²) in [6.07, 6.45) is 5.49. The molecule has 3 aromatic rings. The molecule has 0 bridgehead atoms. The predicted octanol–water partition coefficient (Wildman–Crippen LogP) is 5.95. The zero-order chi connectivity index (χ0) is 24.1. The summed E-state index contributed by atoms with van der Waals surface area (Å²) in [5, 5.41) is 2.65. The highest BCUT2D eigenvalue weighted by Crippen LogP contribution is 2.33. The Morgan fingerprint density at radius 1 is 1.06 bits per heavy atom. The third-order valence-corrected chi connectivity index (χ3v) is 7.13. The number of hydrogen-bond acceptors (Lipinski definition) is 5. The van der Waals surface area contributed by atoms with Gasteiger partial charge in [0.25, 0.3) is 0 Å². The zero-order valence-corrected chi connectivity index (χ0v) is 21.6. The molecule has 5 nitrogen and oxygen atoms in total. The minimum absolute atomic E-state index is 0.472. The molecule has 5 rings (SSSR count). The number of aromatic nitrogens is 2. The highest BCUT2D eigenvalue weighted by Gasteiger charge is 2.25. The summed E-state index contributed by atoms with van der Waals surface area (Å²) in [5.74, 6) is 0.